The van der Waals surface area contributed by atoms with Crippen LogP contribution in [0.1, 0.15) is 23.7 Å². The van der Waals surface area contributed by atoms with Gasteiger partial charge in [0.1, 0.15) is 0 Å². The van der Waals surface area contributed by atoms with Crippen molar-refractivity contribution in [2.75, 3.05) is 12.4 Å². The lowest BCUT2D eigenvalue weighted by atomic mass is 10.1. The Balaban J connectivity index is 1.88. The second-order valence-electron chi connectivity index (χ2n) is 5.95. The van der Waals surface area contributed by atoms with E-state index < -0.39 is 12.5 Å². The van der Waals surface area contributed by atoms with Crippen molar-refractivity contribution in [1.29, 1.82) is 0 Å². The van der Waals surface area contributed by atoms with E-state index in [1.165, 1.54) is 19.2 Å². The molecule has 1 N–H and O–H groups in total. The number of hydrogen-bond acceptors (Lipinski definition) is 3. The van der Waals surface area contributed by atoms with Crippen LogP contribution in [0.3, 0.4) is 0 Å². The van der Waals surface area contributed by atoms with Crippen molar-refractivity contribution < 1.29 is 23.0 Å². The Hall–Kier alpha value is -3.09. The SMILES string of the molecule is CCCn1ccc2cc(NC(=O)c3cccc(OC)c3OC(F)F)ccc21. The van der Waals surface area contributed by atoms with Gasteiger partial charge in [0, 0.05) is 29.3 Å². The van der Waals surface area contributed by atoms with E-state index in [9.17, 15) is 13.6 Å². The molecule has 5 nitrogen and oxygen atoms in total. The quantitative estimate of drug-likeness (QED) is 0.639. The van der Waals surface area contributed by atoms with E-state index in [1.807, 2.05) is 24.4 Å². The van der Waals surface area contributed by atoms with Gasteiger partial charge in [0.05, 0.1) is 12.7 Å². The summed E-state index contributed by atoms with van der Waals surface area (Å²) in [6.07, 6.45) is 3.02. The van der Waals surface area contributed by atoms with Gasteiger partial charge < -0.3 is 19.4 Å². The molecule has 0 radical (unpaired) electrons. The number of aryl methyl sites for hydroxylation is 1. The molecule has 0 saturated carbocycles. The van der Waals surface area contributed by atoms with E-state index in [4.69, 9.17) is 4.74 Å². The van der Waals surface area contributed by atoms with Gasteiger partial charge in [0.25, 0.3) is 5.91 Å². The number of alkyl halides is 2. The Morgan fingerprint density at radius 1 is 1.22 bits per heavy atom. The number of carbonyl (C=O) groups is 1. The summed E-state index contributed by atoms with van der Waals surface area (Å²) in [4.78, 5) is 12.6. The summed E-state index contributed by atoms with van der Waals surface area (Å²) in [6, 6.07) is 11.9. The van der Waals surface area contributed by atoms with Gasteiger partial charge in [-0.2, -0.15) is 8.78 Å². The molecule has 0 aliphatic heterocycles. The second kappa shape index (κ2) is 8.07. The zero-order valence-corrected chi connectivity index (χ0v) is 15.0. The van der Waals surface area contributed by atoms with E-state index in [0.29, 0.717) is 5.69 Å². The lowest BCUT2D eigenvalue weighted by Crippen LogP contribution is -2.15. The number of rotatable bonds is 7. The molecule has 142 valence electrons. The van der Waals surface area contributed by atoms with Crippen LogP contribution in [-0.4, -0.2) is 24.2 Å². The van der Waals surface area contributed by atoms with E-state index in [-0.39, 0.29) is 17.1 Å². The highest BCUT2D eigenvalue weighted by Crippen LogP contribution is 2.33. The Kier molecular flexibility index (Phi) is 5.59. The van der Waals surface area contributed by atoms with Crippen molar-refractivity contribution in [1.82, 2.24) is 4.57 Å². The van der Waals surface area contributed by atoms with Crippen molar-refractivity contribution in [3.63, 3.8) is 0 Å². The highest BCUT2D eigenvalue weighted by atomic mass is 19.3. The van der Waals surface area contributed by atoms with Crippen LogP contribution >= 0.6 is 0 Å². The highest BCUT2D eigenvalue weighted by molar-refractivity contribution is 6.07. The molecule has 3 rings (SSSR count). The van der Waals surface area contributed by atoms with Crippen LogP contribution in [0, 0.1) is 0 Å². The number of aromatic nitrogens is 1. The summed E-state index contributed by atoms with van der Waals surface area (Å²) >= 11 is 0. The number of methoxy groups -OCH3 is 1. The fraction of sp³-hybridized carbons (Fsp3) is 0.250. The molecule has 0 unspecified atom stereocenters. The monoisotopic (exact) mass is 374 g/mol. The van der Waals surface area contributed by atoms with Crippen molar-refractivity contribution in [2.24, 2.45) is 0 Å². The average molecular weight is 374 g/mol. The number of nitrogens with zero attached hydrogens (tertiary/aromatic N) is 1. The standard InChI is InChI=1S/C20H20F2N2O3/c1-3-10-24-11-9-13-12-14(7-8-16(13)24)23-19(25)15-5-4-6-17(26-2)18(15)27-20(21)22/h4-9,11-12,20H,3,10H2,1-2H3,(H,23,25). The third kappa shape index (κ3) is 4.02. The van der Waals surface area contributed by atoms with Crippen molar-refractivity contribution in [3.8, 4) is 11.5 Å². The van der Waals surface area contributed by atoms with Crippen molar-refractivity contribution in [3.05, 3.63) is 54.2 Å². The molecule has 1 amide bonds. The second-order valence-corrected chi connectivity index (χ2v) is 5.95. The molecule has 0 aliphatic carbocycles. The number of ether oxygens (including phenoxy) is 2. The van der Waals surface area contributed by atoms with Crippen LogP contribution in [0.5, 0.6) is 11.5 Å². The minimum Gasteiger partial charge on any atom is -0.493 e. The number of anilines is 1. The predicted molar refractivity (Wildman–Crippen MR) is 99.8 cm³/mol. The zero-order valence-electron chi connectivity index (χ0n) is 15.0. The number of benzene rings is 2. The van der Waals surface area contributed by atoms with Gasteiger partial charge in [0.2, 0.25) is 0 Å². The first-order valence-corrected chi connectivity index (χ1v) is 8.55. The maximum Gasteiger partial charge on any atom is 0.387 e. The van der Waals surface area contributed by atoms with Gasteiger partial charge in [-0.05, 0) is 42.8 Å². The maximum absolute atomic E-state index is 12.7. The summed E-state index contributed by atoms with van der Waals surface area (Å²) in [7, 11) is 1.32. The van der Waals surface area contributed by atoms with E-state index in [2.05, 4.69) is 21.5 Å². The number of hydrogen-bond donors (Lipinski definition) is 1. The lowest BCUT2D eigenvalue weighted by molar-refractivity contribution is -0.0515. The number of nitrogens with one attached hydrogen (secondary N) is 1. The molecule has 0 fully saturated rings. The summed E-state index contributed by atoms with van der Waals surface area (Å²) in [5, 5.41) is 3.71. The molecule has 1 heterocycles. The Morgan fingerprint density at radius 3 is 2.74 bits per heavy atom. The summed E-state index contributed by atoms with van der Waals surface area (Å²) in [5.74, 6) is -0.783. The third-order valence-corrected chi connectivity index (χ3v) is 4.14. The molecular formula is C20H20F2N2O3. The molecule has 0 aliphatic rings. The molecule has 0 bridgehead atoms. The number of para-hydroxylation sites is 1. The first-order valence-electron chi connectivity index (χ1n) is 8.55. The van der Waals surface area contributed by atoms with Gasteiger partial charge in [-0.1, -0.05) is 13.0 Å². The molecule has 7 heteroatoms. The fourth-order valence-corrected chi connectivity index (χ4v) is 2.98. The van der Waals surface area contributed by atoms with E-state index >= 15 is 0 Å². The largest absolute Gasteiger partial charge is 0.493 e. The van der Waals surface area contributed by atoms with Crippen LogP contribution in [-0.2, 0) is 6.54 Å². The van der Waals surface area contributed by atoms with Gasteiger partial charge in [-0.3, -0.25) is 4.79 Å². The molecule has 0 spiro atoms. The summed E-state index contributed by atoms with van der Waals surface area (Å²) in [6.45, 7) is -0.0523. The normalized spacial score (nSPS) is 11.0. The van der Waals surface area contributed by atoms with Crippen LogP contribution < -0.4 is 14.8 Å². The molecular weight excluding hydrogens is 354 g/mol. The van der Waals surface area contributed by atoms with Crippen LogP contribution in [0.25, 0.3) is 10.9 Å². The van der Waals surface area contributed by atoms with Crippen molar-refractivity contribution in [2.45, 2.75) is 26.5 Å². The number of amides is 1. The van der Waals surface area contributed by atoms with Crippen LogP contribution in [0.2, 0.25) is 0 Å². The third-order valence-electron chi connectivity index (χ3n) is 4.14. The van der Waals surface area contributed by atoms with Crippen molar-refractivity contribution >= 4 is 22.5 Å². The molecule has 1 aromatic heterocycles. The molecule has 2 aromatic carbocycles. The predicted octanol–water partition coefficient (Wildman–Crippen LogP) is 4.91. The van der Waals surface area contributed by atoms with Crippen LogP contribution in [0.15, 0.2) is 48.7 Å². The lowest BCUT2D eigenvalue weighted by Gasteiger charge is -2.14. The van der Waals surface area contributed by atoms with Gasteiger partial charge in [-0.15, -0.1) is 0 Å². The number of halogens is 2. The first-order chi connectivity index (χ1) is 13.0. The minimum absolute atomic E-state index is 0.0294. The number of carbonyl (C=O) groups excluding carboxylic acids is 1. The maximum atomic E-state index is 12.7. The van der Waals surface area contributed by atoms with Gasteiger partial charge in [0.15, 0.2) is 11.5 Å². The van der Waals surface area contributed by atoms with Gasteiger partial charge >= 0.3 is 6.61 Å². The van der Waals surface area contributed by atoms with Gasteiger partial charge in [-0.25, -0.2) is 0 Å². The smallest absolute Gasteiger partial charge is 0.387 e. The minimum atomic E-state index is -3.07. The Labute approximate surface area is 155 Å². The van der Waals surface area contributed by atoms with E-state index in [0.717, 1.165) is 23.9 Å². The average Bonchev–Trinajstić information content (AvgIpc) is 3.04. The molecule has 27 heavy (non-hydrogen) atoms. The topological polar surface area (TPSA) is 52.5 Å². The Bertz CT molecular complexity index is 954. The fourth-order valence-electron chi connectivity index (χ4n) is 2.98. The highest BCUT2D eigenvalue weighted by Gasteiger charge is 2.20. The molecule has 0 atom stereocenters. The Morgan fingerprint density at radius 2 is 2.04 bits per heavy atom. The molecule has 0 saturated heterocycles. The number of fused-ring (bicyclic) bond motifs is 1. The van der Waals surface area contributed by atoms with Crippen LogP contribution in [0.4, 0.5) is 14.5 Å². The summed E-state index contributed by atoms with van der Waals surface area (Å²) in [5.41, 5.74) is 1.60. The van der Waals surface area contributed by atoms with E-state index in [1.54, 1.807) is 12.1 Å². The zero-order chi connectivity index (χ0) is 19.4. The molecule has 3 aromatic rings. The summed E-state index contributed by atoms with van der Waals surface area (Å²) < 4.78 is 37.1. The first kappa shape index (κ1) is 18.7.